The third-order valence-electron chi connectivity index (χ3n) is 17.9. The molecule has 0 N–H and O–H groups in total. The van der Waals surface area contributed by atoms with Crippen molar-refractivity contribution in [3.05, 3.63) is 165 Å². The third kappa shape index (κ3) is 5.02. The van der Waals surface area contributed by atoms with E-state index in [0.29, 0.717) is 15.5 Å². The number of hydrogen-bond acceptors (Lipinski definition) is 0. The van der Waals surface area contributed by atoms with Crippen LogP contribution in [0, 0.1) is 55.2 Å². The van der Waals surface area contributed by atoms with Crippen LogP contribution < -0.4 is 24.8 Å². The minimum Gasteiger partial charge on any atom is -1.00 e. The smallest absolute Gasteiger partial charge is 1.00 e. The summed E-state index contributed by atoms with van der Waals surface area (Å²) in [6.45, 7) is 31.2. The molecule has 0 radical (unpaired) electrons. The van der Waals surface area contributed by atoms with Gasteiger partial charge in [-0.05, 0) is 0 Å². The molecule has 10 unspecified atom stereocenters. The zero-order chi connectivity index (χ0) is 38.7. The van der Waals surface area contributed by atoms with Crippen molar-refractivity contribution in [2.24, 2.45) is 55.2 Å². The van der Waals surface area contributed by atoms with Gasteiger partial charge in [0.05, 0.1) is 0 Å². The van der Waals surface area contributed by atoms with Crippen LogP contribution in [0.3, 0.4) is 0 Å². The molecule has 2 aromatic rings. The third-order valence-corrected chi connectivity index (χ3v) is 27.3. The molecule has 2 saturated carbocycles. The summed E-state index contributed by atoms with van der Waals surface area (Å²) in [6.07, 6.45) is 34.5. The summed E-state index contributed by atoms with van der Waals surface area (Å²) in [5, 5.41) is 0. The van der Waals surface area contributed by atoms with Crippen LogP contribution in [0.1, 0.15) is 101 Å². The van der Waals surface area contributed by atoms with Gasteiger partial charge >= 0.3 is 338 Å². The number of halogens is 2. The van der Waals surface area contributed by atoms with Gasteiger partial charge in [0, 0.05) is 0 Å². The molecule has 0 aliphatic heterocycles. The van der Waals surface area contributed by atoms with Crippen LogP contribution >= 0.6 is 0 Å². The van der Waals surface area contributed by atoms with Gasteiger partial charge in [-0.1, -0.05) is 0 Å². The summed E-state index contributed by atoms with van der Waals surface area (Å²) in [4.78, 5) is 0. The Labute approximate surface area is 360 Å². The molecule has 2 aromatic carbocycles. The molecular formula is C53H64Cl2Zr. The van der Waals surface area contributed by atoms with E-state index in [9.17, 15) is 0 Å². The molecule has 294 valence electrons. The van der Waals surface area contributed by atoms with Gasteiger partial charge in [0.15, 0.2) is 0 Å². The van der Waals surface area contributed by atoms with Crippen LogP contribution in [-0.4, -0.2) is 3.21 Å². The van der Waals surface area contributed by atoms with Gasteiger partial charge in [0.1, 0.15) is 0 Å². The van der Waals surface area contributed by atoms with Crippen molar-refractivity contribution in [2.75, 3.05) is 0 Å². The molecule has 8 rings (SSSR count). The summed E-state index contributed by atoms with van der Waals surface area (Å²) in [5.74, 6) is 0.857. The average Bonchev–Trinajstić information content (AvgIpc) is 3.66. The Morgan fingerprint density at radius 1 is 0.661 bits per heavy atom. The molecule has 0 amide bonds. The van der Waals surface area contributed by atoms with Gasteiger partial charge in [-0.2, -0.15) is 0 Å². The van der Waals surface area contributed by atoms with E-state index in [-0.39, 0.29) is 68.1 Å². The van der Waals surface area contributed by atoms with E-state index in [0.717, 1.165) is 6.42 Å². The number of rotatable bonds is 5. The molecule has 6 aliphatic carbocycles. The Bertz CT molecular complexity index is 2130. The molecule has 0 aromatic heterocycles. The monoisotopic (exact) mass is 860 g/mol. The maximum absolute atomic E-state index is 3.13. The summed E-state index contributed by atoms with van der Waals surface area (Å²) >= 11 is -3.13. The predicted molar refractivity (Wildman–Crippen MR) is 229 cm³/mol. The minimum absolute atomic E-state index is 0. The fourth-order valence-corrected chi connectivity index (χ4v) is 26.1. The van der Waals surface area contributed by atoms with Crippen LogP contribution in [-0.2, 0) is 21.3 Å². The van der Waals surface area contributed by atoms with Crippen molar-refractivity contribution < 1.29 is 46.1 Å². The van der Waals surface area contributed by atoms with Crippen LogP contribution in [0.15, 0.2) is 154 Å². The van der Waals surface area contributed by atoms with Crippen molar-refractivity contribution in [1.82, 2.24) is 0 Å². The molecule has 0 nitrogen and oxygen atoms in total. The SMILES string of the molecule is CCC1C=C(C(C)(C)C)C=[C]1[Zr+2](=[C](c1ccccc1)c1ccccc1)[CH]1C2C=CC=C(C)C2(C)C2(C)C3(C)C=CC=CC3(C)C3(C)C=CC=CC3(C)C12C.[Cl-].[Cl-]. The quantitative estimate of drug-likeness (QED) is 0.286. The zero-order valence-electron chi connectivity index (χ0n) is 36.0. The first kappa shape index (κ1) is 43.3. The molecule has 6 aliphatic rings. The minimum atomic E-state index is -3.13. The molecule has 10 atom stereocenters. The normalized spacial score (nSPS) is 39.7. The van der Waals surface area contributed by atoms with E-state index in [2.05, 4.69) is 223 Å². The maximum Gasteiger partial charge on any atom is -1.00 e. The van der Waals surface area contributed by atoms with E-state index in [4.69, 9.17) is 0 Å². The number of allylic oxidation sites excluding steroid dienone is 16. The largest absolute Gasteiger partial charge is 1.00 e. The first-order valence-corrected chi connectivity index (χ1v) is 24.7. The first-order valence-electron chi connectivity index (χ1n) is 20.8. The van der Waals surface area contributed by atoms with Gasteiger partial charge in [-0.3, -0.25) is 0 Å². The molecule has 0 saturated heterocycles. The molecule has 3 heteroatoms. The number of fused-ring (bicyclic) bond motifs is 8. The van der Waals surface area contributed by atoms with Crippen molar-refractivity contribution in [3.63, 3.8) is 0 Å². The number of benzene rings is 2. The summed E-state index contributed by atoms with van der Waals surface area (Å²) in [7, 11) is 0. The molecular weight excluding hydrogens is 799 g/mol. The van der Waals surface area contributed by atoms with Gasteiger partial charge in [0.25, 0.3) is 0 Å². The van der Waals surface area contributed by atoms with E-state index in [1.54, 1.807) is 8.78 Å². The van der Waals surface area contributed by atoms with Crippen molar-refractivity contribution in [2.45, 2.75) is 93.1 Å². The maximum atomic E-state index is 2.84. The topological polar surface area (TPSA) is 0 Å². The summed E-state index contributed by atoms with van der Waals surface area (Å²) in [5.41, 5.74) is 5.26. The second-order valence-corrected chi connectivity index (χ2v) is 26.2. The summed E-state index contributed by atoms with van der Waals surface area (Å²) in [6, 6.07) is 23.3. The Hall–Kier alpha value is -2.31. The first-order chi connectivity index (χ1) is 25.4. The van der Waals surface area contributed by atoms with Gasteiger partial charge in [-0.25, -0.2) is 0 Å². The van der Waals surface area contributed by atoms with Crippen molar-refractivity contribution in [3.8, 4) is 0 Å². The van der Waals surface area contributed by atoms with Gasteiger partial charge in [0.2, 0.25) is 0 Å². The second-order valence-electron chi connectivity index (χ2n) is 20.0. The summed E-state index contributed by atoms with van der Waals surface area (Å²) < 4.78 is 3.96. The van der Waals surface area contributed by atoms with E-state index in [1.165, 1.54) is 16.7 Å². The average molecular weight is 863 g/mol. The predicted octanol–water partition coefficient (Wildman–Crippen LogP) is 8.02. The van der Waals surface area contributed by atoms with Crippen LogP contribution in [0.5, 0.6) is 0 Å². The Morgan fingerprint density at radius 2 is 1.14 bits per heavy atom. The Kier molecular flexibility index (Phi) is 10.9. The molecule has 0 bridgehead atoms. The molecule has 0 spiro atoms. The fraction of sp³-hybridized carbons (Fsp3) is 0.453. The number of hydrogen-bond donors (Lipinski definition) is 0. The van der Waals surface area contributed by atoms with Crippen LogP contribution in [0.25, 0.3) is 0 Å². The molecule has 0 heterocycles. The zero-order valence-corrected chi connectivity index (χ0v) is 39.9. The van der Waals surface area contributed by atoms with E-state index in [1.807, 2.05) is 3.28 Å². The second kappa shape index (κ2) is 14.2. The fourth-order valence-electron chi connectivity index (χ4n) is 14.1. The van der Waals surface area contributed by atoms with Crippen molar-refractivity contribution in [1.29, 1.82) is 0 Å². The van der Waals surface area contributed by atoms with Gasteiger partial charge < -0.3 is 24.8 Å². The van der Waals surface area contributed by atoms with Gasteiger partial charge in [-0.15, -0.1) is 0 Å². The standard InChI is InChI=1S/C29H37.C13H10.C11H17.2ClH.Zr/c1-21-14-13-15-22-20-27(6)25(4)18-10-9-16-23(25,2)24(3)17-11-12-19-26(24,5)29(27,8)28(21,22)7;1-3-7-12(8-4-1)11-13-9-5-2-6-10-13;1-5-9-6-7-10(8-9)11(2,3)4;;;/h9-20,22H,1-8H3;1-10H;7-9H,5H2,1-4H3;2*1H;/q;;;;;+2/p-2. The molecule has 2 fully saturated rings. The van der Waals surface area contributed by atoms with E-state index >= 15 is 0 Å². The van der Waals surface area contributed by atoms with Crippen molar-refractivity contribution >= 4 is 3.21 Å². The Balaban J connectivity index is 0.00000266. The molecule has 56 heavy (non-hydrogen) atoms. The van der Waals surface area contributed by atoms with E-state index < -0.39 is 21.3 Å². The Morgan fingerprint density at radius 3 is 1.64 bits per heavy atom. The van der Waals surface area contributed by atoms with Crippen LogP contribution in [0.4, 0.5) is 0 Å². The van der Waals surface area contributed by atoms with Crippen LogP contribution in [0.2, 0.25) is 3.63 Å².